The number of carbonyl (C=O) groups excluding carboxylic acids is 1. The Hall–Kier alpha value is -1.66. The van der Waals surface area contributed by atoms with Crippen LogP contribution in [0.1, 0.15) is 63.4 Å². The Bertz CT molecular complexity index is 807. The number of carbonyl (C=O) groups is 1. The molecule has 1 fully saturated rings. The lowest BCUT2D eigenvalue weighted by atomic mass is 9.81. The quantitative estimate of drug-likeness (QED) is 0.625. The second-order valence-corrected chi connectivity index (χ2v) is 10.3. The van der Waals surface area contributed by atoms with E-state index in [0.29, 0.717) is 17.4 Å². The topological polar surface area (TPSA) is 75.3 Å². The molecule has 2 aliphatic rings. The van der Waals surface area contributed by atoms with Gasteiger partial charge < -0.3 is 5.32 Å². The molecule has 1 saturated carbocycles. The highest BCUT2D eigenvalue weighted by atomic mass is 32.2. The lowest BCUT2D eigenvalue weighted by Crippen LogP contribution is -2.36. The van der Waals surface area contributed by atoms with Gasteiger partial charge in [0.1, 0.15) is 0 Å². The molecule has 6 heteroatoms. The van der Waals surface area contributed by atoms with E-state index in [0.717, 1.165) is 44.2 Å². The predicted molar refractivity (Wildman–Crippen MR) is 116 cm³/mol. The highest BCUT2D eigenvalue weighted by molar-refractivity contribution is 7.89. The number of nitrogens with one attached hydrogen (secondary N) is 2. The van der Waals surface area contributed by atoms with Crippen molar-refractivity contribution in [2.24, 2.45) is 11.8 Å². The van der Waals surface area contributed by atoms with Crippen molar-refractivity contribution in [1.29, 1.82) is 0 Å². The van der Waals surface area contributed by atoms with E-state index in [2.05, 4.69) is 16.1 Å². The lowest BCUT2D eigenvalue weighted by Gasteiger charge is -2.28. The first-order chi connectivity index (χ1) is 13.9. The molecule has 0 saturated heterocycles. The van der Waals surface area contributed by atoms with Gasteiger partial charge in [0.05, 0.1) is 4.90 Å². The standard InChI is InChI=1S/C23H34N2O3S/c1-18-7-13-22(14-8-18)29(27,28)25-17-20-9-11-21(12-10-20)23(26)24-16-15-19-5-3-2-4-6-19/h5,7-8,13-14,20-21,25H,2-4,6,9-12,15-17H2,1H3,(H,24,26). The van der Waals surface area contributed by atoms with Crippen molar-refractivity contribution in [3.63, 3.8) is 0 Å². The second-order valence-electron chi connectivity index (χ2n) is 8.53. The first-order valence-corrected chi connectivity index (χ1v) is 12.4. The average molecular weight is 419 g/mol. The third-order valence-corrected chi connectivity index (χ3v) is 7.68. The maximum absolute atomic E-state index is 12.4. The van der Waals surface area contributed by atoms with Crippen LogP contribution in [0.15, 0.2) is 40.8 Å². The maximum Gasteiger partial charge on any atom is 0.240 e. The smallest absolute Gasteiger partial charge is 0.240 e. The Morgan fingerprint density at radius 2 is 1.79 bits per heavy atom. The van der Waals surface area contributed by atoms with Crippen molar-refractivity contribution in [2.45, 2.75) is 69.6 Å². The Morgan fingerprint density at radius 1 is 1.07 bits per heavy atom. The van der Waals surface area contributed by atoms with Crippen LogP contribution in [0.2, 0.25) is 0 Å². The molecule has 29 heavy (non-hydrogen) atoms. The molecule has 2 N–H and O–H groups in total. The molecule has 0 radical (unpaired) electrons. The summed E-state index contributed by atoms with van der Waals surface area (Å²) in [4.78, 5) is 12.7. The van der Waals surface area contributed by atoms with Gasteiger partial charge in [-0.1, -0.05) is 29.3 Å². The predicted octanol–water partition coefficient (Wildman–Crippen LogP) is 4.09. The number of amides is 1. The first-order valence-electron chi connectivity index (χ1n) is 11.0. The summed E-state index contributed by atoms with van der Waals surface area (Å²) in [6.45, 7) is 3.12. The maximum atomic E-state index is 12.4. The highest BCUT2D eigenvalue weighted by Crippen LogP contribution is 2.29. The highest BCUT2D eigenvalue weighted by Gasteiger charge is 2.27. The molecule has 1 amide bonds. The summed E-state index contributed by atoms with van der Waals surface area (Å²) >= 11 is 0. The van der Waals surface area contributed by atoms with Gasteiger partial charge in [-0.05, 0) is 82.8 Å². The van der Waals surface area contributed by atoms with Crippen LogP contribution in [0.3, 0.4) is 0 Å². The number of allylic oxidation sites excluding steroid dienone is 1. The van der Waals surface area contributed by atoms with Gasteiger partial charge in [0.2, 0.25) is 15.9 Å². The zero-order chi connectivity index (χ0) is 20.7. The number of sulfonamides is 1. The van der Waals surface area contributed by atoms with Crippen molar-refractivity contribution < 1.29 is 13.2 Å². The number of rotatable bonds is 8. The Labute approximate surface area is 175 Å². The van der Waals surface area contributed by atoms with Crippen LogP contribution in [-0.4, -0.2) is 27.4 Å². The molecule has 5 nitrogen and oxygen atoms in total. The van der Waals surface area contributed by atoms with E-state index in [4.69, 9.17) is 0 Å². The summed E-state index contributed by atoms with van der Waals surface area (Å²) in [6.07, 6.45) is 11.7. The summed E-state index contributed by atoms with van der Waals surface area (Å²) < 4.78 is 27.6. The van der Waals surface area contributed by atoms with Gasteiger partial charge in [0.15, 0.2) is 0 Å². The van der Waals surface area contributed by atoms with Gasteiger partial charge in [0.25, 0.3) is 0 Å². The van der Waals surface area contributed by atoms with Crippen LogP contribution >= 0.6 is 0 Å². The number of benzene rings is 1. The molecule has 1 aromatic rings. The molecular weight excluding hydrogens is 384 g/mol. The lowest BCUT2D eigenvalue weighted by molar-refractivity contribution is -0.126. The Kier molecular flexibility index (Phi) is 7.90. The van der Waals surface area contributed by atoms with Gasteiger partial charge in [-0.25, -0.2) is 13.1 Å². The van der Waals surface area contributed by atoms with E-state index in [1.165, 1.54) is 31.3 Å². The van der Waals surface area contributed by atoms with Crippen LogP contribution in [0, 0.1) is 18.8 Å². The first kappa shape index (κ1) is 22.0. The molecule has 3 rings (SSSR count). The second kappa shape index (κ2) is 10.4. The molecule has 0 unspecified atom stereocenters. The Balaban J connectivity index is 1.37. The zero-order valence-corrected chi connectivity index (χ0v) is 18.3. The largest absolute Gasteiger partial charge is 0.356 e. The molecule has 2 aliphatic carbocycles. The SMILES string of the molecule is Cc1ccc(S(=O)(=O)NCC2CCC(C(=O)NCCC3=CCCCC3)CC2)cc1. The summed E-state index contributed by atoms with van der Waals surface area (Å²) in [5.74, 6) is 0.534. The minimum atomic E-state index is -3.46. The minimum absolute atomic E-state index is 0.0697. The molecule has 0 aromatic heterocycles. The van der Waals surface area contributed by atoms with Gasteiger partial charge >= 0.3 is 0 Å². The van der Waals surface area contributed by atoms with Crippen LogP contribution < -0.4 is 10.0 Å². The normalized spacial score (nSPS) is 22.7. The number of hydrogen-bond donors (Lipinski definition) is 2. The van der Waals surface area contributed by atoms with Crippen LogP contribution in [-0.2, 0) is 14.8 Å². The van der Waals surface area contributed by atoms with Crippen LogP contribution in [0.5, 0.6) is 0 Å². The van der Waals surface area contributed by atoms with E-state index in [9.17, 15) is 13.2 Å². The van der Waals surface area contributed by atoms with Gasteiger partial charge in [-0.3, -0.25) is 4.79 Å². The van der Waals surface area contributed by atoms with E-state index in [1.54, 1.807) is 12.1 Å². The van der Waals surface area contributed by atoms with Crippen molar-refractivity contribution in [2.75, 3.05) is 13.1 Å². The molecule has 0 atom stereocenters. The van der Waals surface area contributed by atoms with E-state index >= 15 is 0 Å². The minimum Gasteiger partial charge on any atom is -0.356 e. The fourth-order valence-corrected chi connectivity index (χ4v) is 5.40. The van der Waals surface area contributed by atoms with Crippen molar-refractivity contribution >= 4 is 15.9 Å². The summed E-state index contributed by atoms with van der Waals surface area (Å²) in [6, 6.07) is 6.90. The molecule has 0 heterocycles. The third-order valence-electron chi connectivity index (χ3n) is 6.24. The van der Waals surface area contributed by atoms with E-state index < -0.39 is 10.0 Å². The third kappa shape index (κ3) is 6.68. The molecule has 0 bridgehead atoms. The molecular formula is C23H34N2O3S. The summed E-state index contributed by atoms with van der Waals surface area (Å²) in [5.41, 5.74) is 2.53. The van der Waals surface area contributed by atoms with Gasteiger partial charge in [-0.15, -0.1) is 0 Å². The number of hydrogen-bond acceptors (Lipinski definition) is 3. The Morgan fingerprint density at radius 3 is 2.45 bits per heavy atom. The average Bonchev–Trinajstić information content (AvgIpc) is 2.74. The van der Waals surface area contributed by atoms with Gasteiger partial charge in [0, 0.05) is 19.0 Å². The number of aryl methyl sites for hydroxylation is 1. The van der Waals surface area contributed by atoms with Crippen LogP contribution in [0.4, 0.5) is 0 Å². The van der Waals surface area contributed by atoms with Crippen LogP contribution in [0.25, 0.3) is 0 Å². The molecule has 0 spiro atoms. The zero-order valence-electron chi connectivity index (χ0n) is 17.5. The van der Waals surface area contributed by atoms with E-state index in [1.807, 2.05) is 19.1 Å². The van der Waals surface area contributed by atoms with Crippen molar-refractivity contribution in [1.82, 2.24) is 10.0 Å². The molecule has 0 aliphatic heterocycles. The summed E-state index contributed by atoms with van der Waals surface area (Å²) in [5, 5.41) is 3.11. The van der Waals surface area contributed by atoms with Crippen molar-refractivity contribution in [3.8, 4) is 0 Å². The summed E-state index contributed by atoms with van der Waals surface area (Å²) in [7, 11) is -3.46. The molecule has 1 aromatic carbocycles. The monoisotopic (exact) mass is 418 g/mol. The van der Waals surface area contributed by atoms with E-state index in [-0.39, 0.29) is 11.8 Å². The van der Waals surface area contributed by atoms with Gasteiger partial charge in [-0.2, -0.15) is 0 Å². The fourth-order valence-electron chi connectivity index (χ4n) is 4.28. The molecule has 160 valence electrons. The fraction of sp³-hybridized carbons (Fsp3) is 0.609. The van der Waals surface area contributed by atoms with Crippen molar-refractivity contribution in [3.05, 3.63) is 41.5 Å².